The molecule has 0 bridgehead atoms. The maximum Gasteiger partial charge on any atom is 0.243 e. The Bertz CT molecular complexity index is 1160. The average Bonchev–Trinajstić information content (AvgIpc) is 2.79. The molecule has 1 unspecified atom stereocenters. The number of carbonyl (C=O) groups excluding carboxylic acids is 2. The molecule has 0 aliphatic carbocycles. The number of nitrogens with one attached hydrogen (secondary N) is 1. The van der Waals surface area contributed by atoms with E-state index in [9.17, 15) is 9.59 Å². The van der Waals surface area contributed by atoms with Gasteiger partial charge in [-0.15, -0.1) is 0 Å². The van der Waals surface area contributed by atoms with Gasteiger partial charge in [0, 0.05) is 18.5 Å². The molecule has 0 radical (unpaired) electrons. The standard InChI is InChI=1S/C31H38N2O2/c1-22-16-17-24(3)27(18-22)20-29(34)33(21-26-15-11-10-12-23(26)2)28(30(35)32-31(4,5)6)19-25-13-8-7-9-14-25/h7-18,28H,19-21H2,1-6H3,(H,32,35). The lowest BCUT2D eigenvalue weighted by Crippen LogP contribution is -2.54. The Balaban J connectivity index is 2.03. The van der Waals surface area contributed by atoms with Gasteiger partial charge in [0.25, 0.3) is 0 Å². The molecule has 1 atom stereocenters. The van der Waals surface area contributed by atoms with E-state index >= 15 is 0 Å². The molecule has 3 rings (SSSR count). The van der Waals surface area contributed by atoms with Crippen LogP contribution in [0.25, 0.3) is 0 Å². The van der Waals surface area contributed by atoms with E-state index < -0.39 is 11.6 Å². The van der Waals surface area contributed by atoms with E-state index in [-0.39, 0.29) is 18.2 Å². The Hall–Kier alpha value is -3.40. The molecule has 3 aromatic carbocycles. The third kappa shape index (κ3) is 7.54. The van der Waals surface area contributed by atoms with Crippen molar-refractivity contribution in [3.8, 4) is 0 Å². The average molecular weight is 471 g/mol. The number of nitrogens with zero attached hydrogens (tertiary/aromatic N) is 1. The van der Waals surface area contributed by atoms with Crippen LogP contribution in [0.4, 0.5) is 0 Å². The number of hydrogen-bond donors (Lipinski definition) is 1. The van der Waals surface area contributed by atoms with E-state index in [0.717, 1.165) is 33.4 Å². The van der Waals surface area contributed by atoms with Crippen molar-refractivity contribution in [2.24, 2.45) is 0 Å². The van der Waals surface area contributed by atoms with Crippen molar-refractivity contribution in [1.82, 2.24) is 10.2 Å². The fourth-order valence-corrected chi connectivity index (χ4v) is 4.23. The van der Waals surface area contributed by atoms with E-state index in [1.165, 1.54) is 0 Å². The highest BCUT2D eigenvalue weighted by Crippen LogP contribution is 2.20. The molecule has 1 N–H and O–H groups in total. The van der Waals surface area contributed by atoms with Crippen LogP contribution in [-0.4, -0.2) is 28.3 Å². The summed E-state index contributed by atoms with van der Waals surface area (Å²) < 4.78 is 0. The number of hydrogen-bond acceptors (Lipinski definition) is 2. The maximum absolute atomic E-state index is 13.9. The highest BCUT2D eigenvalue weighted by molar-refractivity contribution is 5.89. The summed E-state index contributed by atoms with van der Waals surface area (Å²) in [7, 11) is 0. The first-order valence-corrected chi connectivity index (χ1v) is 12.3. The summed E-state index contributed by atoms with van der Waals surface area (Å²) in [6.07, 6.45) is 0.709. The Morgan fingerprint density at radius 1 is 0.829 bits per heavy atom. The van der Waals surface area contributed by atoms with Crippen LogP contribution in [0.15, 0.2) is 72.8 Å². The molecule has 0 saturated heterocycles. The van der Waals surface area contributed by atoms with Crippen molar-refractivity contribution < 1.29 is 9.59 Å². The van der Waals surface area contributed by atoms with E-state index in [0.29, 0.717) is 13.0 Å². The number of amides is 2. The van der Waals surface area contributed by atoms with Crippen molar-refractivity contribution in [1.29, 1.82) is 0 Å². The molecular weight excluding hydrogens is 432 g/mol. The second-order valence-electron chi connectivity index (χ2n) is 10.5. The number of benzene rings is 3. The van der Waals surface area contributed by atoms with Crippen molar-refractivity contribution in [2.75, 3.05) is 0 Å². The first-order valence-electron chi connectivity index (χ1n) is 12.3. The van der Waals surface area contributed by atoms with Crippen LogP contribution in [0.2, 0.25) is 0 Å². The predicted octanol–water partition coefficient (Wildman–Crippen LogP) is 5.71. The minimum absolute atomic E-state index is 0.0491. The summed E-state index contributed by atoms with van der Waals surface area (Å²) in [5.41, 5.74) is 5.97. The van der Waals surface area contributed by atoms with Gasteiger partial charge in [-0.1, -0.05) is 78.4 Å². The lowest BCUT2D eigenvalue weighted by molar-refractivity contribution is -0.141. The van der Waals surface area contributed by atoms with E-state index in [2.05, 4.69) is 23.5 Å². The molecule has 35 heavy (non-hydrogen) atoms. The number of aryl methyl sites for hydroxylation is 3. The summed E-state index contributed by atoms with van der Waals surface area (Å²) >= 11 is 0. The third-order valence-corrected chi connectivity index (χ3v) is 6.22. The highest BCUT2D eigenvalue weighted by Gasteiger charge is 2.32. The molecular formula is C31H38N2O2. The van der Waals surface area contributed by atoms with E-state index in [1.54, 1.807) is 4.90 Å². The van der Waals surface area contributed by atoms with Gasteiger partial charge >= 0.3 is 0 Å². The summed E-state index contributed by atoms with van der Waals surface area (Å²) in [6, 6.07) is 23.5. The lowest BCUT2D eigenvalue weighted by Gasteiger charge is -2.34. The zero-order valence-electron chi connectivity index (χ0n) is 21.9. The summed E-state index contributed by atoms with van der Waals surface area (Å²) in [5, 5.41) is 3.13. The minimum Gasteiger partial charge on any atom is -0.350 e. The maximum atomic E-state index is 13.9. The predicted molar refractivity (Wildman–Crippen MR) is 143 cm³/mol. The van der Waals surface area contributed by atoms with E-state index in [4.69, 9.17) is 0 Å². The normalized spacial score (nSPS) is 12.2. The van der Waals surface area contributed by atoms with Gasteiger partial charge in [-0.3, -0.25) is 9.59 Å². The molecule has 0 spiro atoms. The summed E-state index contributed by atoms with van der Waals surface area (Å²) in [5.74, 6) is -0.184. The van der Waals surface area contributed by atoms with Gasteiger partial charge in [-0.25, -0.2) is 0 Å². The van der Waals surface area contributed by atoms with Crippen LogP contribution in [-0.2, 0) is 29.0 Å². The van der Waals surface area contributed by atoms with Crippen LogP contribution in [0.5, 0.6) is 0 Å². The van der Waals surface area contributed by atoms with Gasteiger partial charge < -0.3 is 10.2 Å². The van der Waals surface area contributed by atoms with Gasteiger partial charge in [0.1, 0.15) is 6.04 Å². The molecule has 0 aliphatic rings. The van der Waals surface area contributed by atoms with Crippen LogP contribution < -0.4 is 5.32 Å². The van der Waals surface area contributed by atoms with Crippen LogP contribution in [0.1, 0.15) is 54.2 Å². The molecule has 4 nitrogen and oxygen atoms in total. The first-order chi connectivity index (χ1) is 16.5. The zero-order valence-corrected chi connectivity index (χ0v) is 21.9. The van der Waals surface area contributed by atoms with Crippen LogP contribution >= 0.6 is 0 Å². The fourth-order valence-electron chi connectivity index (χ4n) is 4.23. The molecule has 0 aliphatic heterocycles. The largest absolute Gasteiger partial charge is 0.350 e. The van der Waals surface area contributed by atoms with Gasteiger partial charge in [-0.2, -0.15) is 0 Å². The minimum atomic E-state index is -0.631. The van der Waals surface area contributed by atoms with Crippen molar-refractivity contribution >= 4 is 11.8 Å². The molecule has 4 heteroatoms. The first kappa shape index (κ1) is 26.2. The number of rotatable bonds is 8. The smallest absolute Gasteiger partial charge is 0.243 e. The van der Waals surface area contributed by atoms with Crippen molar-refractivity contribution in [2.45, 2.75) is 72.5 Å². The number of carbonyl (C=O) groups is 2. The summed E-state index contributed by atoms with van der Waals surface area (Å²) in [6.45, 7) is 12.4. The Morgan fingerprint density at radius 3 is 2.11 bits per heavy atom. The molecule has 0 fully saturated rings. The van der Waals surface area contributed by atoms with Gasteiger partial charge in [0.05, 0.1) is 6.42 Å². The Labute approximate surface area is 210 Å². The molecule has 0 saturated carbocycles. The van der Waals surface area contributed by atoms with Crippen LogP contribution in [0, 0.1) is 20.8 Å². The van der Waals surface area contributed by atoms with Crippen molar-refractivity contribution in [3.05, 3.63) is 106 Å². The second-order valence-corrected chi connectivity index (χ2v) is 10.5. The fraction of sp³-hybridized carbons (Fsp3) is 0.355. The second kappa shape index (κ2) is 11.4. The topological polar surface area (TPSA) is 49.4 Å². The molecule has 184 valence electrons. The Kier molecular flexibility index (Phi) is 8.50. The summed E-state index contributed by atoms with van der Waals surface area (Å²) in [4.78, 5) is 29.4. The SMILES string of the molecule is Cc1ccc(C)c(CC(=O)N(Cc2ccccc2C)C(Cc2ccccc2)C(=O)NC(C)(C)C)c1. The quantitative estimate of drug-likeness (QED) is 0.458. The van der Waals surface area contributed by atoms with Crippen LogP contribution in [0.3, 0.4) is 0 Å². The van der Waals surface area contributed by atoms with Crippen molar-refractivity contribution in [3.63, 3.8) is 0 Å². The lowest BCUT2D eigenvalue weighted by atomic mass is 9.98. The van der Waals surface area contributed by atoms with Gasteiger partial charge in [0.15, 0.2) is 0 Å². The highest BCUT2D eigenvalue weighted by atomic mass is 16.2. The molecule has 0 heterocycles. The third-order valence-electron chi connectivity index (χ3n) is 6.22. The van der Waals surface area contributed by atoms with Gasteiger partial charge in [0.2, 0.25) is 11.8 Å². The Morgan fingerprint density at radius 2 is 1.46 bits per heavy atom. The molecule has 0 aromatic heterocycles. The van der Waals surface area contributed by atoms with E-state index in [1.807, 2.05) is 96.1 Å². The van der Waals surface area contributed by atoms with Gasteiger partial charge in [-0.05, 0) is 69.4 Å². The zero-order chi connectivity index (χ0) is 25.6. The monoisotopic (exact) mass is 470 g/mol. The molecule has 2 amide bonds. The molecule has 3 aromatic rings.